The third-order valence-corrected chi connectivity index (χ3v) is 13.7. The minimum absolute atomic E-state index is 0.00481. The molecule has 2 aromatic rings. The summed E-state index contributed by atoms with van der Waals surface area (Å²) in [5.74, 6) is -3.88. The van der Waals surface area contributed by atoms with Gasteiger partial charge in [0.15, 0.2) is 0 Å². The highest BCUT2D eigenvalue weighted by Crippen LogP contribution is 2.38. The number of alkyl halides is 6. The Hall–Kier alpha value is -6.62. The van der Waals surface area contributed by atoms with E-state index in [4.69, 9.17) is 14.3 Å². The number of morpholine rings is 2. The Kier molecular flexibility index (Phi) is 18.6. The quantitative estimate of drug-likeness (QED) is 0.267. The average Bonchev–Trinajstić information content (AvgIpc) is 4.10. The standard InChI is InChI=1S/C23H29F3N4O5.C18H26F3N3O.C9H8N2O7/c1-22(2)15-27(7-8-29(22)21(33)35-30-19(31)5-6-20(30)32)14-16-3-4-17(13-18(16)23(24,25)26)28-9-11-34-12-10-28;1-17(2)13-23(6-5-22-17)12-14-3-4-15(11-16(14)18(19,20)21)24-7-9-25-10-8-24;12-5-1-2-6(13)10(5)17-9(16)18-11-7(14)3-4-8(11)15/h3-4,13H,5-12,14-15H2,1-2H3;3-4,11,22H,5-10,12-13H2,1-2H3;1-4H2. The second-order valence-electron chi connectivity index (χ2n) is 20.6. The number of hydrogen-bond acceptors (Lipinski definition) is 18. The normalized spacial score (nSPS) is 21.4. The van der Waals surface area contributed by atoms with Crippen molar-refractivity contribution in [2.24, 2.45) is 0 Å². The van der Waals surface area contributed by atoms with Gasteiger partial charge in [0.1, 0.15) is 0 Å². The molecule has 7 saturated heterocycles. The van der Waals surface area contributed by atoms with E-state index >= 15 is 0 Å². The number of carbonyl (C=O) groups is 8. The largest absolute Gasteiger partial charge is 0.560 e. The molecular formula is C50H63F6N9O13. The van der Waals surface area contributed by atoms with Crippen LogP contribution >= 0.6 is 0 Å². The van der Waals surface area contributed by atoms with Gasteiger partial charge in [-0.05, 0) is 63.1 Å². The summed E-state index contributed by atoms with van der Waals surface area (Å²) >= 11 is 0. The van der Waals surface area contributed by atoms with Gasteiger partial charge in [-0.3, -0.25) is 53.1 Å². The number of imide groups is 3. The first kappa shape index (κ1) is 59.0. The number of benzene rings is 2. The molecule has 7 fully saturated rings. The Morgan fingerprint density at radius 1 is 0.538 bits per heavy atom. The topological polar surface area (TPSA) is 221 Å². The fourth-order valence-corrected chi connectivity index (χ4v) is 9.83. The molecule has 0 aromatic heterocycles. The first-order chi connectivity index (χ1) is 36.7. The Bertz CT molecular complexity index is 2500. The summed E-state index contributed by atoms with van der Waals surface area (Å²) in [6.45, 7) is 15.5. The highest BCUT2D eigenvalue weighted by Gasteiger charge is 2.43. The summed E-state index contributed by atoms with van der Waals surface area (Å²) in [5, 5.41) is 4.40. The van der Waals surface area contributed by atoms with Crippen molar-refractivity contribution in [1.82, 2.24) is 35.2 Å². The molecule has 0 aliphatic carbocycles. The van der Waals surface area contributed by atoms with Crippen molar-refractivity contribution in [1.29, 1.82) is 0 Å². The van der Waals surface area contributed by atoms with E-state index in [-0.39, 0.29) is 79.4 Å². The number of nitrogens with zero attached hydrogens (tertiary/aromatic N) is 8. The fourth-order valence-electron chi connectivity index (χ4n) is 9.83. The van der Waals surface area contributed by atoms with Crippen LogP contribution in [0.15, 0.2) is 36.4 Å². The highest BCUT2D eigenvalue weighted by atomic mass is 19.4. The zero-order valence-electron chi connectivity index (χ0n) is 43.7. The number of hydroxylamine groups is 6. The predicted molar refractivity (Wildman–Crippen MR) is 260 cm³/mol. The molecule has 28 heteroatoms. The zero-order valence-corrected chi connectivity index (χ0v) is 43.7. The number of nitrogens with one attached hydrogen (secondary N) is 1. The molecule has 7 aliphatic heterocycles. The number of rotatable bonds is 9. The lowest BCUT2D eigenvalue weighted by molar-refractivity contribution is -0.198. The van der Waals surface area contributed by atoms with Crippen LogP contribution in [0.2, 0.25) is 0 Å². The smallest absolute Gasteiger partial charge is 0.378 e. The number of ether oxygens (including phenoxy) is 2. The molecule has 1 N–H and O–H groups in total. The van der Waals surface area contributed by atoms with Crippen molar-refractivity contribution in [3.05, 3.63) is 58.7 Å². The van der Waals surface area contributed by atoms with Crippen molar-refractivity contribution in [2.75, 3.05) is 102 Å². The summed E-state index contributed by atoms with van der Waals surface area (Å²) in [7, 11) is 0. The molecule has 7 aliphatic rings. The summed E-state index contributed by atoms with van der Waals surface area (Å²) in [5.41, 5.74) is -0.419. The Morgan fingerprint density at radius 2 is 0.923 bits per heavy atom. The molecule has 0 radical (unpaired) electrons. The molecule has 7 heterocycles. The van der Waals surface area contributed by atoms with Gasteiger partial charge < -0.3 is 29.4 Å². The first-order valence-corrected chi connectivity index (χ1v) is 25.4. The maximum Gasteiger partial charge on any atom is 0.560 e. The van der Waals surface area contributed by atoms with Crippen LogP contribution < -0.4 is 15.1 Å². The van der Waals surface area contributed by atoms with Crippen molar-refractivity contribution in [3.8, 4) is 0 Å². The lowest BCUT2D eigenvalue weighted by Crippen LogP contribution is -2.61. The van der Waals surface area contributed by atoms with Gasteiger partial charge in [0, 0.05) is 134 Å². The van der Waals surface area contributed by atoms with Crippen molar-refractivity contribution >= 4 is 59.1 Å². The van der Waals surface area contributed by atoms with Crippen LogP contribution in [0.25, 0.3) is 0 Å². The molecule has 428 valence electrons. The van der Waals surface area contributed by atoms with Gasteiger partial charge in [0.25, 0.3) is 35.4 Å². The van der Waals surface area contributed by atoms with E-state index in [1.807, 2.05) is 20.8 Å². The zero-order chi connectivity index (χ0) is 56.7. The summed E-state index contributed by atoms with van der Waals surface area (Å²) in [6, 6.07) is 9.17. The van der Waals surface area contributed by atoms with Gasteiger partial charge in [-0.15, -0.1) is 5.06 Å². The van der Waals surface area contributed by atoms with Crippen LogP contribution in [0.3, 0.4) is 0 Å². The number of amides is 7. The Labute approximate surface area is 445 Å². The van der Waals surface area contributed by atoms with Crippen molar-refractivity contribution in [3.63, 3.8) is 0 Å². The molecule has 7 amide bonds. The lowest BCUT2D eigenvalue weighted by atomic mass is 9.98. The fraction of sp³-hybridized carbons (Fsp3) is 0.600. The molecule has 22 nitrogen and oxygen atoms in total. The van der Waals surface area contributed by atoms with E-state index < -0.39 is 76.7 Å². The molecule has 0 saturated carbocycles. The number of piperazine rings is 2. The highest BCUT2D eigenvalue weighted by molar-refractivity contribution is 6.03. The molecule has 78 heavy (non-hydrogen) atoms. The van der Waals surface area contributed by atoms with E-state index in [1.54, 1.807) is 26.0 Å². The summed E-state index contributed by atoms with van der Waals surface area (Å²) < 4.78 is 93.3. The molecule has 0 unspecified atom stereocenters. The number of halogens is 6. The third-order valence-electron chi connectivity index (χ3n) is 13.7. The molecule has 2 aromatic carbocycles. The molecule has 9 rings (SSSR count). The molecule has 0 bridgehead atoms. The maximum atomic E-state index is 13.9. The van der Waals surface area contributed by atoms with Gasteiger partial charge in [-0.25, -0.2) is 4.79 Å². The van der Waals surface area contributed by atoms with E-state index in [1.165, 1.54) is 23.1 Å². The number of anilines is 2. The maximum absolute atomic E-state index is 13.9. The van der Waals surface area contributed by atoms with Crippen LogP contribution in [0.1, 0.15) is 88.5 Å². The van der Waals surface area contributed by atoms with Crippen LogP contribution in [0.4, 0.5) is 47.3 Å². The summed E-state index contributed by atoms with van der Waals surface area (Å²) in [6.07, 6.45) is -11.4. The van der Waals surface area contributed by atoms with Crippen LogP contribution in [-0.2, 0) is 78.2 Å². The lowest BCUT2D eigenvalue weighted by Gasteiger charge is -2.46. The average molecular weight is 1110 g/mol. The monoisotopic (exact) mass is 1110 g/mol. The number of carbonyl (C=O) groups excluding carboxylic acids is 8. The Balaban J connectivity index is 0.000000180. The molecular weight excluding hydrogens is 1050 g/mol. The SMILES string of the molecule is CC1(C)CN(Cc2ccc(N3CCOCC3)cc2C(F)(F)F)CCN1.CC1(C)CN(Cc2ccc(N3CCOCC3)cc2C(F)(F)F)CCN1C(=O)ON1C(=O)CCC1=O.O=C(ON1C(=O)CCC1=O)ON1C(=O)CCC1=O. The van der Waals surface area contributed by atoms with Gasteiger partial charge in [0.05, 0.1) is 43.1 Å². The Morgan fingerprint density at radius 3 is 1.29 bits per heavy atom. The predicted octanol–water partition coefficient (Wildman–Crippen LogP) is 4.63. The number of hydrogen-bond donors (Lipinski definition) is 1. The molecule has 0 atom stereocenters. The molecule has 0 spiro atoms. The second kappa shape index (κ2) is 24.6. The van der Waals surface area contributed by atoms with Gasteiger partial charge in [0.2, 0.25) is 0 Å². The van der Waals surface area contributed by atoms with Crippen molar-refractivity contribution < 1.29 is 88.7 Å². The van der Waals surface area contributed by atoms with Gasteiger partial charge >= 0.3 is 24.6 Å². The minimum Gasteiger partial charge on any atom is -0.378 e. The van der Waals surface area contributed by atoms with Crippen molar-refractivity contribution in [2.45, 2.75) is 103 Å². The van der Waals surface area contributed by atoms with E-state index in [9.17, 15) is 64.7 Å². The first-order valence-electron chi connectivity index (χ1n) is 25.4. The van der Waals surface area contributed by atoms with Crippen LogP contribution in [0, 0.1) is 0 Å². The van der Waals surface area contributed by atoms with Gasteiger partial charge in [-0.1, -0.05) is 22.3 Å². The van der Waals surface area contributed by atoms with E-state index in [0.717, 1.165) is 19.6 Å². The van der Waals surface area contributed by atoms with Crippen LogP contribution in [-0.4, -0.2) is 181 Å². The van der Waals surface area contributed by atoms with Crippen LogP contribution in [0.5, 0.6) is 0 Å². The minimum atomic E-state index is -4.51. The van der Waals surface area contributed by atoms with E-state index in [2.05, 4.69) is 33.7 Å². The van der Waals surface area contributed by atoms with Gasteiger partial charge in [-0.2, -0.15) is 31.1 Å². The third kappa shape index (κ3) is 15.1. The second-order valence-corrected chi connectivity index (χ2v) is 20.6. The van der Waals surface area contributed by atoms with E-state index in [0.29, 0.717) is 87.7 Å². The summed E-state index contributed by atoms with van der Waals surface area (Å²) in [4.78, 5) is 115.